The molecule has 22 heavy (non-hydrogen) atoms. The highest BCUT2D eigenvalue weighted by Gasteiger charge is 2.16. The highest BCUT2D eigenvalue weighted by molar-refractivity contribution is 7.89. The van der Waals surface area contributed by atoms with Gasteiger partial charge >= 0.3 is 0 Å². The maximum Gasteiger partial charge on any atom is 0.240 e. The average Bonchev–Trinajstić information content (AvgIpc) is 2.52. The molecular formula is C17H21NO3S. The lowest BCUT2D eigenvalue weighted by Gasteiger charge is -2.11. The molecule has 0 aliphatic carbocycles. The minimum absolute atomic E-state index is 0.299. The molecule has 118 valence electrons. The van der Waals surface area contributed by atoms with E-state index < -0.39 is 10.0 Å². The van der Waals surface area contributed by atoms with Crippen molar-refractivity contribution in [2.75, 3.05) is 6.54 Å². The predicted molar refractivity (Wildman–Crippen MR) is 87.4 cm³/mol. The molecule has 0 heterocycles. The summed E-state index contributed by atoms with van der Waals surface area (Å²) in [5.74, 6) is 0.663. The van der Waals surface area contributed by atoms with Crippen LogP contribution in [0.3, 0.4) is 0 Å². The zero-order valence-corrected chi connectivity index (χ0v) is 13.7. The van der Waals surface area contributed by atoms with Crippen LogP contribution in [0.25, 0.3) is 0 Å². The number of rotatable bonds is 7. The molecule has 2 rings (SSSR count). The molecule has 0 amide bonds. The minimum Gasteiger partial charge on any atom is -0.489 e. The SMILES string of the molecule is CCCNS(=O)(=O)c1ccc(OCc2ccccc2)cc1C. The highest BCUT2D eigenvalue weighted by Crippen LogP contribution is 2.22. The van der Waals surface area contributed by atoms with Gasteiger partial charge in [0.05, 0.1) is 4.90 Å². The summed E-state index contributed by atoms with van der Waals surface area (Å²) in [5, 5.41) is 0. The number of sulfonamides is 1. The van der Waals surface area contributed by atoms with Gasteiger partial charge in [-0.15, -0.1) is 0 Å². The van der Waals surface area contributed by atoms with Crippen LogP contribution in [0.2, 0.25) is 0 Å². The quantitative estimate of drug-likeness (QED) is 0.852. The first-order chi connectivity index (χ1) is 10.5. The van der Waals surface area contributed by atoms with Gasteiger partial charge in [0.15, 0.2) is 0 Å². The van der Waals surface area contributed by atoms with E-state index in [0.717, 1.165) is 12.0 Å². The van der Waals surface area contributed by atoms with Gasteiger partial charge in [-0.1, -0.05) is 37.3 Å². The van der Waals surface area contributed by atoms with Crippen LogP contribution < -0.4 is 9.46 Å². The van der Waals surface area contributed by atoms with Gasteiger partial charge in [0.25, 0.3) is 0 Å². The predicted octanol–water partition coefficient (Wildman–Crippen LogP) is 3.26. The van der Waals surface area contributed by atoms with E-state index in [1.54, 1.807) is 25.1 Å². The van der Waals surface area contributed by atoms with Crippen LogP contribution >= 0.6 is 0 Å². The third-order valence-electron chi connectivity index (χ3n) is 3.23. The molecule has 0 saturated heterocycles. The number of nitrogens with one attached hydrogen (secondary N) is 1. The molecule has 0 spiro atoms. The summed E-state index contributed by atoms with van der Waals surface area (Å²) in [5.41, 5.74) is 1.75. The zero-order valence-electron chi connectivity index (χ0n) is 12.9. The van der Waals surface area contributed by atoms with Crippen molar-refractivity contribution in [1.29, 1.82) is 0 Å². The van der Waals surface area contributed by atoms with Crippen LogP contribution in [-0.2, 0) is 16.6 Å². The Hall–Kier alpha value is -1.85. The van der Waals surface area contributed by atoms with Crippen LogP contribution in [0.1, 0.15) is 24.5 Å². The largest absolute Gasteiger partial charge is 0.489 e. The summed E-state index contributed by atoms with van der Waals surface area (Å²) in [6.07, 6.45) is 0.760. The Bertz CT molecular complexity index is 712. The fourth-order valence-corrected chi connectivity index (χ4v) is 3.43. The lowest BCUT2D eigenvalue weighted by molar-refractivity contribution is 0.306. The van der Waals surface area contributed by atoms with E-state index in [9.17, 15) is 8.42 Å². The number of aryl methyl sites for hydroxylation is 1. The van der Waals surface area contributed by atoms with Gasteiger partial charge in [-0.25, -0.2) is 13.1 Å². The van der Waals surface area contributed by atoms with Gasteiger partial charge in [0.1, 0.15) is 12.4 Å². The van der Waals surface area contributed by atoms with Crippen molar-refractivity contribution in [3.05, 3.63) is 59.7 Å². The summed E-state index contributed by atoms with van der Waals surface area (Å²) >= 11 is 0. The Balaban J connectivity index is 2.09. The van der Waals surface area contributed by atoms with Crippen LogP contribution in [0.5, 0.6) is 5.75 Å². The van der Waals surface area contributed by atoms with Crippen molar-refractivity contribution in [3.63, 3.8) is 0 Å². The van der Waals surface area contributed by atoms with Crippen LogP contribution in [0.15, 0.2) is 53.4 Å². The Morgan fingerprint density at radius 1 is 1.09 bits per heavy atom. The Morgan fingerprint density at radius 2 is 1.82 bits per heavy atom. The summed E-state index contributed by atoms with van der Waals surface area (Å²) in [7, 11) is -3.44. The third kappa shape index (κ3) is 4.32. The monoisotopic (exact) mass is 319 g/mol. The molecule has 0 unspecified atom stereocenters. The van der Waals surface area contributed by atoms with Gasteiger partial charge in [0, 0.05) is 6.54 Å². The van der Waals surface area contributed by atoms with Gasteiger partial charge < -0.3 is 4.74 Å². The molecular weight excluding hydrogens is 298 g/mol. The number of ether oxygens (including phenoxy) is 1. The van der Waals surface area contributed by atoms with Gasteiger partial charge in [-0.2, -0.15) is 0 Å². The van der Waals surface area contributed by atoms with E-state index in [1.165, 1.54) is 0 Å². The molecule has 0 fully saturated rings. The van der Waals surface area contributed by atoms with E-state index in [-0.39, 0.29) is 0 Å². The van der Waals surface area contributed by atoms with Crippen LogP contribution in [-0.4, -0.2) is 15.0 Å². The molecule has 0 aliphatic heterocycles. The average molecular weight is 319 g/mol. The van der Waals surface area contributed by atoms with Crippen molar-refractivity contribution in [3.8, 4) is 5.75 Å². The third-order valence-corrected chi connectivity index (χ3v) is 4.85. The first-order valence-electron chi connectivity index (χ1n) is 7.30. The zero-order chi connectivity index (χ0) is 16.0. The van der Waals surface area contributed by atoms with Gasteiger partial charge in [-0.05, 0) is 42.7 Å². The minimum atomic E-state index is -3.44. The molecule has 0 aromatic heterocycles. The first-order valence-corrected chi connectivity index (χ1v) is 8.78. The van der Waals surface area contributed by atoms with Crippen molar-refractivity contribution in [2.45, 2.75) is 31.8 Å². The lowest BCUT2D eigenvalue weighted by Crippen LogP contribution is -2.25. The van der Waals surface area contributed by atoms with Crippen molar-refractivity contribution in [2.24, 2.45) is 0 Å². The van der Waals surface area contributed by atoms with Crippen LogP contribution in [0, 0.1) is 6.92 Å². The number of hydrogen-bond acceptors (Lipinski definition) is 3. The van der Waals surface area contributed by atoms with Crippen LogP contribution in [0.4, 0.5) is 0 Å². The summed E-state index contributed by atoms with van der Waals surface area (Å²) < 4.78 is 32.6. The maximum atomic E-state index is 12.2. The summed E-state index contributed by atoms with van der Waals surface area (Å²) in [6.45, 7) is 4.60. The first kappa shape index (κ1) is 16.5. The van der Waals surface area contributed by atoms with Crippen molar-refractivity contribution < 1.29 is 13.2 Å². The normalized spacial score (nSPS) is 11.4. The van der Waals surface area contributed by atoms with Gasteiger partial charge in [-0.3, -0.25) is 0 Å². The Labute approximate surface area is 132 Å². The second kappa shape index (κ2) is 7.42. The standard InChI is InChI=1S/C17H21NO3S/c1-3-11-18-22(19,20)17-10-9-16(12-14(17)2)21-13-15-7-5-4-6-8-15/h4-10,12,18H,3,11,13H2,1-2H3. The summed E-state index contributed by atoms with van der Waals surface area (Å²) in [4.78, 5) is 0.299. The molecule has 0 bridgehead atoms. The molecule has 2 aromatic carbocycles. The van der Waals surface area contributed by atoms with Crippen molar-refractivity contribution >= 4 is 10.0 Å². The molecule has 1 N–H and O–H groups in total. The Morgan fingerprint density at radius 3 is 2.45 bits per heavy atom. The van der Waals surface area contributed by atoms with E-state index in [0.29, 0.717) is 29.4 Å². The fourth-order valence-electron chi connectivity index (χ4n) is 2.07. The Kier molecular flexibility index (Phi) is 5.57. The van der Waals surface area contributed by atoms with Crippen molar-refractivity contribution in [1.82, 2.24) is 4.72 Å². The second-order valence-electron chi connectivity index (χ2n) is 5.10. The van der Waals surface area contributed by atoms with E-state index in [1.807, 2.05) is 37.3 Å². The highest BCUT2D eigenvalue weighted by atomic mass is 32.2. The molecule has 0 radical (unpaired) electrons. The number of benzene rings is 2. The molecule has 5 heteroatoms. The lowest BCUT2D eigenvalue weighted by atomic mass is 10.2. The van der Waals surface area contributed by atoms with E-state index in [2.05, 4.69) is 4.72 Å². The second-order valence-corrected chi connectivity index (χ2v) is 6.83. The molecule has 4 nitrogen and oxygen atoms in total. The number of hydrogen-bond donors (Lipinski definition) is 1. The summed E-state index contributed by atoms with van der Waals surface area (Å²) in [6, 6.07) is 14.9. The molecule has 2 aromatic rings. The van der Waals surface area contributed by atoms with E-state index >= 15 is 0 Å². The topological polar surface area (TPSA) is 55.4 Å². The molecule has 0 atom stereocenters. The maximum absolute atomic E-state index is 12.2. The van der Waals surface area contributed by atoms with E-state index in [4.69, 9.17) is 4.74 Å². The smallest absolute Gasteiger partial charge is 0.240 e. The fraction of sp³-hybridized carbons (Fsp3) is 0.294. The molecule has 0 aliphatic rings. The molecule has 0 saturated carbocycles. The van der Waals surface area contributed by atoms with Gasteiger partial charge in [0.2, 0.25) is 10.0 Å².